The van der Waals surface area contributed by atoms with Gasteiger partial charge in [-0.15, -0.1) is 0 Å². The van der Waals surface area contributed by atoms with E-state index < -0.39 is 0 Å². The van der Waals surface area contributed by atoms with Crippen molar-refractivity contribution in [1.82, 2.24) is 24.8 Å². The van der Waals surface area contributed by atoms with Crippen LogP contribution >= 0.6 is 0 Å². The highest BCUT2D eigenvalue weighted by Gasteiger charge is 2.23. The Hall–Kier alpha value is -2.47. The fourth-order valence-corrected chi connectivity index (χ4v) is 3.45. The van der Waals surface area contributed by atoms with Crippen LogP contribution in [0.2, 0.25) is 0 Å². The molecule has 1 aliphatic heterocycles. The summed E-state index contributed by atoms with van der Waals surface area (Å²) in [7, 11) is 0. The molecule has 1 unspecified atom stereocenters. The van der Waals surface area contributed by atoms with E-state index >= 15 is 0 Å². The number of rotatable bonds is 4. The first-order valence-corrected chi connectivity index (χ1v) is 8.48. The number of hydrogen-bond acceptors (Lipinski definition) is 5. The first-order chi connectivity index (χ1) is 11.8. The molecule has 0 saturated carbocycles. The molecule has 124 valence electrons. The molecule has 3 aromatic rings. The van der Waals surface area contributed by atoms with Gasteiger partial charge in [0.2, 0.25) is 0 Å². The Kier molecular flexibility index (Phi) is 4.13. The fraction of sp³-hybridized carbons (Fsp3) is 0.389. The van der Waals surface area contributed by atoms with Crippen molar-refractivity contribution >= 4 is 17.0 Å². The lowest BCUT2D eigenvalue weighted by molar-refractivity contribution is 0.195. The minimum atomic E-state index is 0.548. The van der Waals surface area contributed by atoms with Crippen molar-refractivity contribution < 1.29 is 0 Å². The molecule has 2 aromatic heterocycles. The van der Waals surface area contributed by atoms with Crippen LogP contribution in [-0.2, 0) is 6.42 Å². The highest BCUT2D eigenvalue weighted by atomic mass is 15.3. The lowest BCUT2D eigenvalue weighted by Gasteiger charge is -2.38. The summed E-state index contributed by atoms with van der Waals surface area (Å²) in [5.74, 6) is 0.966. The minimum Gasteiger partial charge on any atom is -0.352 e. The van der Waals surface area contributed by atoms with E-state index in [4.69, 9.17) is 0 Å². The highest BCUT2D eigenvalue weighted by molar-refractivity contribution is 5.82. The van der Waals surface area contributed by atoms with E-state index in [9.17, 15) is 0 Å². The summed E-state index contributed by atoms with van der Waals surface area (Å²) in [6, 6.07) is 11.3. The zero-order chi connectivity index (χ0) is 16.4. The number of anilines is 1. The molecule has 6 nitrogen and oxygen atoms in total. The number of nitrogens with zero attached hydrogens (tertiary/aromatic N) is 5. The smallest absolute Gasteiger partial charge is 0.182 e. The Morgan fingerprint density at radius 3 is 2.62 bits per heavy atom. The van der Waals surface area contributed by atoms with Gasteiger partial charge >= 0.3 is 0 Å². The topological polar surface area (TPSA) is 60.9 Å². The maximum absolute atomic E-state index is 4.47. The Morgan fingerprint density at radius 1 is 1.04 bits per heavy atom. The molecule has 24 heavy (non-hydrogen) atoms. The van der Waals surface area contributed by atoms with Crippen LogP contribution < -0.4 is 4.90 Å². The largest absolute Gasteiger partial charge is 0.352 e. The van der Waals surface area contributed by atoms with Crippen molar-refractivity contribution in [2.75, 3.05) is 31.1 Å². The molecule has 0 radical (unpaired) electrons. The quantitative estimate of drug-likeness (QED) is 0.797. The minimum absolute atomic E-state index is 0.548. The lowest BCUT2D eigenvalue weighted by Crippen LogP contribution is -2.50. The van der Waals surface area contributed by atoms with Crippen LogP contribution in [0.5, 0.6) is 0 Å². The van der Waals surface area contributed by atoms with Gasteiger partial charge in [0.05, 0.1) is 6.33 Å². The number of benzene rings is 1. The number of nitrogens with one attached hydrogen (secondary N) is 1. The van der Waals surface area contributed by atoms with Gasteiger partial charge in [-0.1, -0.05) is 30.3 Å². The van der Waals surface area contributed by atoms with Crippen molar-refractivity contribution in [1.29, 1.82) is 0 Å². The number of aromatic amines is 1. The second kappa shape index (κ2) is 6.57. The van der Waals surface area contributed by atoms with Gasteiger partial charge in [-0.25, -0.2) is 15.0 Å². The Morgan fingerprint density at radius 2 is 1.83 bits per heavy atom. The van der Waals surface area contributed by atoms with E-state index in [0.29, 0.717) is 6.04 Å². The molecule has 3 heterocycles. The van der Waals surface area contributed by atoms with Gasteiger partial charge in [0.25, 0.3) is 0 Å². The van der Waals surface area contributed by atoms with Crippen LogP contribution in [0.4, 0.5) is 5.82 Å². The predicted octanol–water partition coefficient (Wildman–Crippen LogP) is 2.11. The average Bonchev–Trinajstić information content (AvgIpc) is 3.11. The zero-order valence-corrected chi connectivity index (χ0v) is 13.9. The molecule has 0 amide bonds. The number of fused-ring (bicyclic) bond motifs is 1. The van der Waals surface area contributed by atoms with Gasteiger partial charge in [-0.05, 0) is 18.9 Å². The normalized spacial score (nSPS) is 17.3. The Bertz CT molecular complexity index is 791. The first-order valence-electron chi connectivity index (χ1n) is 8.48. The van der Waals surface area contributed by atoms with E-state index in [1.165, 1.54) is 5.56 Å². The average molecular weight is 322 g/mol. The van der Waals surface area contributed by atoms with Crippen LogP contribution in [0.1, 0.15) is 12.5 Å². The third kappa shape index (κ3) is 2.97. The predicted molar refractivity (Wildman–Crippen MR) is 95.1 cm³/mol. The SMILES string of the molecule is CC(Cc1ccccc1)N1CCN(c2ncnc3nc[nH]c23)CC1. The molecule has 1 fully saturated rings. The molecule has 4 rings (SSSR count). The van der Waals surface area contributed by atoms with Crippen molar-refractivity contribution in [2.45, 2.75) is 19.4 Å². The second-order valence-electron chi connectivity index (χ2n) is 6.36. The maximum atomic E-state index is 4.47. The van der Waals surface area contributed by atoms with E-state index in [1.54, 1.807) is 12.7 Å². The first kappa shape index (κ1) is 15.1. The number of aromatic nitrogens is 4. The Balaban J connectivity index is 1.40. The number of hydrogen-bond donors (Lipinski definition) is 1. The summed E-state index contributed by atoms with van der Waals surface area (Å²) in [4.78, 5) is 20.9. The molecule has 1 saturated heterocycles. The van der Waals surface area contributed by atoms with Crippen LogP contribution in [0.3, 0.4) is 0 Å². The van der Waals surface area contributed by atoms with Gasteiger partial charge in [-0.3, -0.25) is 4.90 Å². The highest BCUT2D eigenvalue weighted by Crippen LogP contribution is 2.21. The maximum Gasteiger partial charge on any atom is 0.182 e. The van der Waals surface area contributed by atoms with E-state index in [0.717, 1.165) is 49.6 Å². The molecule has 6 heteroatoms. The van der Waals surface area contributed by atoms with Crippen molar-refractivity contribution in [3.05, 3.63) is 48.5 Å². The van der Waals surface area contributed by atoms with Crippen molar-refractivity contribution in [3.63, 3.8) is 0 Å². The van der Waals surface area contributed by atoms with Crippen LogP contribution in [0.15, 0.2) is 43.0 Å². The Labute approximate surface area is 141 Å². The molecule has 0 aliphatic carbocycles. The number of imidazole rings is 1. The molecule has 1 aliphatic rings. The van der Waals surface area contributed by atoms with Crippen LogP contribution in [0, 0.1) is 0 Å². The van der Waals surface area contributed by atoms with Gasteiger partial charge in [0.15, 0.2) is 11.5 Å². The third-order valence-electron chi connectivity index (χ3n) is 4.81. The van der Waals surface area contributed by atoms with E-state index in [2.05, 4.69) is 67.0 Å². The standard InChI is InChI=1S/C18H22N6/c1-14(11-15-5-3-2-4-6-15)23-7-9-24(10-8-23)18-16-17(20-12-19-16)21-13-22-18/h2-6,12-14H,7-11H2,1H3,(H,19,20,21,22). The molecular formula is C18H22N6. The summed E-state index contributed by atoms with van der Waals surface area (Å²) in [6.45, 7) is 6.37. The van der Waals surface area contributed by atoms with Crippen LogP contribution in [-0.4, -0.2) is 57.1 Å². The summed E-state index contributed by atoms with van der Waals surface area (Å²) >= 11 is 0. The van der Waals surface area contributed by atoms with Crippen molar-refractivity contribution in [3.8, 4) is 0 Å². The molecule has 1 aromatic carbocycles. The number of H-pyrrole nitrogens is 1. The molecule has 1 N–H and O–H groups in total. The van der Waals surface area contributed by atoms with Gasteiger partial charge in [0.1, 0.15) is 11.8 Å². The van der Waals surface area contributed by atoms with Gasteiger partial charge in [-0.2, -0.15) is 0 Å². The lowest BCUT2D eigenvalue weighted by atomic mass is 10.1. The third-order valence-corrected chi connectivity index (χ3v) is 4.81. The summed E-state index contributed by atoms with van der Waals surface area (Å²) in [5, 5.41) is 0. The summed E-state index contributed by atoms with van der Waals surface area (Å²) < 4.78 is 0. The van der Waals surface area contributed by atoms with E-state index in [1.807, 2.05) is 0 Å². The van der Waals surface area contributed by atoms with Crippen LogP contribution in [0.25, 0.3) is 11.2 Å². The molecule has 0 spiro atoms. The monoisotopic (exact) mass is 322 g/mol. The van der Waals surface area contributed by atoms with Crippen molar-refractivity contribution in [2.24, 2.45) is 0 Å². The molecule has 0 bridgehead atoms. The van der Waals surface area contributed by atoms with E-state index in [-0.39, 0.29) is 0 Å². The molecular weight excluding hydrogens is 300 g/mol. The van der Waals surface area contributed by atoms with Gasteiger partial charge in [0, 0.05) is 32.2 Å². The zero-order valence-electron chi connectivity index (χ0n) is 13.9. The summed E-state index contributed by atoms with van der Waals surface area (Å²) in [5.41, 5.74) is 3.07. The summed E-state index contributed by atoms with van der Waals surface area (Å²) in [6.07, 6.45) is 4.38. The molecule has 1 atom stereocenters. The second-order valence-corrected chi connectivity index (χ2v) is 6.36. The van der Waals surface area contributed by atoms with Gasteiger partial charge < -0.3 is 9.88 Å². The fourth-order valence-electron chi connectivity index (χ4n) is 3.45. The number of piperazine rings is 1.